The van der Waals surface area contributed by atoms with E-state index in [0.717, 1.165) is 12.1 Å². The highest BCUT2D eigenvalue weighted by Crippen LogP contribution is 2.17. The Kier molecular flexibility index (Phi) is 6.21. The minimum Gasteiger partial charge on any atom is -0.336 e. The molecule has 0 atom stereocenters. The summed E-state index contributed by atoms with van der Waals surface area (Å²) in [4.78, 5) is 14.7. The topological polar surface area (TPSA) is 77.0 Å². The van der Waals surface area contributed by atoms with Gasteiger partial charge in [-0.05, 0) is 37.1 Å². The van der Waals surface area contributed by atoms with Gasteiger partial charge in [0.05, 0.1) is 11.4 Å². The lowest BCUT2D eigenvalue weighted by atomic mass is 10.1. The van der Waals surface area contributed by atoms with Gasteiger partial charge in [0, 0.05) is 24.7 Å². The van der Waals surface area contributed by atoms with Crippen LogP contribution in [0.15, 0.2) is 54.6 Å². The molecule has 0 unspecified atom stereocenters. The predicted octanol–water partition coefficient (Wildman–Crippen LogP) is 2.87. The van der Waals surface area contributed by atoms with Gasteiger partial charge in [-0.15, -0.1) is 5.10 Å². The molecule has 6 nitrogen and oxygen atoms in total. The average Bonchev–Trinajstić information content (AvgIpc) is 3.07. The zero-order chi connectivity index (χ0) is 19.2. The van der Waals surface area contributed by atoms with Crippen LogP contribution in [0.2, 0.25) is 5.02 Å². The second-order valence-electron chi connectivity index (χ2n) is 6.23. The fourth-order valence-corrected chi connectivity index (χ4v) is 3.09. The fraction of sp³-hybridized carbons (Fsp3) is 0.250. The van der Waals surface area contributed by atoms with E-state index in [9.17, 15) is 4.79 Å². The van der Waals surface area contributed by atoms with Crippen molar-refractivity contribution in [3.8, 4) is 5.69 Å². The molecule has 0 saturated heterocycles. The maximum Gasteiger partial charge on any atom is 0.276 e. The lowest BCUT2D eigenvalue weighted by Gasteiger charge is -2.21. The second kappa shape index (κ2) is 8.79. The lowest BCUT2D eigenvalue weighted by molar-refractivity contribution is 0.0755. The van der Waals surface area contributed by atoms with Crippen LogP contribution in [0.4, 0.5) is 0 Å². The molecule has 0 aliphatic rings. The number of nitrogens with zero attached hydrogens (tertiary/aromatic N) is 4. The van der Waals surface area contributed by atoms with E-state index >= 15 is 0 Å². The number of carbonyl (C=O) groups is 1. The van der Waals surface area contributed by atoms with Crippen LogP contribution >= 0.6 is 11.6 Å². The molecule has 3 aromatic rings. The highest BCUT2D eigenvalue weighted by atomic mass is 35.5. The van der Waals surface area contributed by atoms with Gasteiger partial charge in [0.15, 0.2) is 5.69 Å². The van der Waals surface area contributed by atoms with E-state index in [1.165, 1.54) is 5.56 Å². The first-order chi connectivity index (χ1) is 13.1. The van der Waals surface area contributed by atoms with Crippen LogP contribution in [-0.2, 0) is 6.42 Å². The zero-order valence-corrected chi connectivity index (χ0v) is 15.9. The molecule has 0 aliphatic carbocycles. The summed E-state index contributed by atoms with van der Waals surface area (Å²) in [7, 11) is 0. The van der Waals surface area contributed by atoms with Gasteiger partial charge in [-0.2, -0.15) is 0 Å². The molecule has 0 bridgehead atoms. The Morgan fingerprint density at radius 2 is 1.93 bits per heavy atom. The van der Waals surface area contributed by atoms with Gasteiger partial charge in [-0.1, -0.05) is 53.2 Å². The van der Waals surface area contributed by atoms with Gasteiger partial charge in [-0.3, -0.25) is 4.79 Å². The van der Waals surface area contributed by atoms with E-state index < -0.39 is 0 Å². The molecular weight excluding hydrogens is 362 g/mol. The smallest absolute Gasteiger partial charge is 0.276 e. The molecule has 0 spiro atoms. The minimum absolute atomic E-state index is 0.165. The summed E-state index contributed by atoms with van der Waals surface area (Å²) in [5, 5.41) is 8.86. The highest BCUT2D eigenvalue weighted by Gasteiger charge is 2.22. The molecule has 1 aromatic heterocycles. The summed E-state index contributed by atoms with van der Waals surface area (Å²) < 4.78 is 1.62. The number of aromatic nitrogens is 3. The molecule has 0 aliphatic heterocycles. The summed E-state index contributed by atoms with van der Waals surface area (Å²) in [6, 6.07) is 17.3. The van der Waals surface area contributed by atoms with Crippen LogP contribution in [0.5, 0.6) is 0 Å². The second-order valence-corrected chi connectivity index (χ2v) is 6.67. The summed E-state index contributed by atoms with van der Waals surface area (Å²) in [5.74, 6) is -0.165. The van der Waals surface area contributed by atoms with E-state index in [4.69, 9.17) is 17.3 Å². The van der Waals surface area contributed by atoms with Crippen molar-refractivity contribution >= 4 is 17.5 Å². The molecule has 3 rings (SSSR count). The van der Waals surface area contributed by atoms with Crippen molar-refractivity contribution < 1.29 is 4.79 Å². The molecule has 2 N–H and O–H groups in total. The maximum absolute atomic E-state index is 13.0. The van der Waals surface area contributed by atoms with Crippen molar-refractivity contribution in [2.75, 3.05) is 19.6 Å². The van der Waals surface area contributed by atoms with Crippen LogP contribution in [0.3, 0.4) is 0 Å². The molecule has 140 valence electrons. The van der Waals surface area contributed by atoms with Crippen LogP contribution in [0, 0.1) is 6.92 Å². The van der Waals surface area contributed by atoms with Gasteiger partial charge in [-0.25, -0.2) is 4.68 Å². The molecule has 0 fully saturated rings. The van der Waals surface area contributed by atoms with E-state index in [0.29, 0.717) is 36.0 Å². The van der Waals surface area contributed by atoms with Crippen molar-refractivity contribution in [3.05, 3.63) is 76.6 Å². The standard InChI is InChI=1S/C20H22ClN5O/c1-15-19(23-24-26(15)18-9-5-8-17(21)14-18)20(27)25(13-11-22)12-10-16-6-3-2-4-7-16/h2-9,14H,10-13,22H2,1H3. The van der Waals surface area contributed by atoms with E-state index in [2.05, 4.69) is 10.3 Å². The van der Waals surface area contributed by atoms with Crippen molar-refractivity contribution in [1.82, 2.24) is 19.9 Å². The van der Waals surface area contributed by atoms with E-state index in [1.807, 2.05) is 49.4 Å². The monoisotopic (exact) mass is 383 g/mol. The molecule has 2 aromatic carbocycles. The third-order valence-corrected chi connectivity index (χ3v) is 4.58. The Labute approximate surface area is 163 Å². The summed E-state index contributed by atoms with van der Waals surface area (Å²) >= 11 is 6.06. The molecule has 0 saturated carbocycles. The Hall–Kier alpha value is -2.70. The van der Waals surface area contributed by atoms with E-state index in [1.54, 1.807) is 21.7 Å². The van der Waals surface area contributed by atoms with E-state index in [-0.39, 0.29) is 5.91 Å². The molecule has 0 radical (unpaired) electrons. The number of rotatable bonds is 7. The summed E-state index contributed by atoms with van der Waals surface area (Å²) in [6.07, 6.45) is 0.758. The fourth-order valence-electron chi connectivity index (χ4n) is 2.91. The quantitative estimate of drug-likeness (QED) is 0.680. The Balaban J connectivity index is 1.80. The maximum atomic E-state index is 13.0. The number of hydrogen-bond acceptors (Lipinski definition) is 4. The third-order valence-electron chi connectivity index (χ3n) is 4.35. The first-order valence-corrected chi connectivity index (χ1v) is 9.19. The number of benzene rings is 2. The normalized spacial score (nSPS) is 10.8. The van der Waals surface area contributed by atoms with Crippen LogP contribution < -0.4 is 5.73 Å². The van der Waals surface area contributed by atoms with Crippen molar-refractivity contribution in [1.29, 1.82) is 0 Å². The molecule has 1 heterocycles. The van der Waals surface area contributed by atoms with Gasteiger partial charge in [0.2, 0.25) is 0 Å². The number of hydrogen-bond donors (Lipinski definition) is 1. The van der Waals surface area contributed by atoms with Crippen LogP contribution in [-0.4, -0.2) is 45.4 Å². The first kappa shape index (κ1) is 19.1. The van der Waals surface area contributed by atoms with Gasteiger partial charge in [0.25, 0.3) is 5.91 Å². The Bertz CT molecular complexity index is 910. The number of nitrogens with two attached hydrogens (primary N) is 1. The Morgan fingerprint density at radius 3 is 2.63 bits per heavy atom. The Morgan fingerprint density at radius 1 is 1.15 bits per heavy atom. The third kappa shape index (κ3) is 4.53. The molecule has 7 heteroatoms. The number of carbonyl (C=O) groups excluding carboxylic acids is 1. The summed E-state index contributed by atoms with van der Waals surface area (Å²) in [5.41, 5.74) is 8.65. The van der Waals surface area contributed by atoms with Crippen LogP contribution in [0.1, 0.15) is 21.7 Å². The lowest BCUT2D eigenvalue weighted by Crippen LogP contribution is -2.37. The number of halogens is 1. The molecular formula is C20H22ClN5O. The van der Waals surface area contributed by atoms with Crippen molar-refractivity contribution in [2.24, 2.45) is 5.73 Å². The minimum atomic E-state index is -0.165. The van der Waals surface area contributed by atoms with Crippen molar-refractivity contribution in [2.45, 2.75) is 13.3 Å². The number of amides is 1. The van der Waals surface area contributed by atoms with Gasteiger partial charge < -0.3 is 10.6 Å². The highest BCUT2D eigenvalue weighted by molar-refractivity contribution is 6.30. The predicted molar refractivity (Wildman–Crippen MR) is 106 cm³/mol. The van der Waals surface area contributed by atoms with Gasteiger partial charge in [0.1, 0.15) is 0 Å². The van der Waals surface area contributed by atoms with Gasteiger partial charge >= 0.3 is 0 Å². The zero-order valence-electron chi connectivity index (χ0n) is 15.2. The van der Waals surface area contributed by atoms with Crippen LogP contribution in [0.25, 0.3) is 5.69 Å². The summed E-state index contributed by atoms with van der Waals surface area (Å²) in [6.45, 7) is 3.26. The largest absolute Gasteiger partial charge is 0.336 e. The molecule has 1 amide bonds. The average molecular weight is 384 g/mol. The SMILES string of the molecule is Cc1c(C(=O)N(CCN)CCc2ccccc2)nnn1-c1cccc(Cl)c1. The first-order valence-electron chi connectivity index (χ1n) is 8.81. The molecule has 27 heavy (non-hydrogen) atoms. The van der Waals surface area contributed by atoms with Crippen molar-refractivity contribution in [3.63, 3.8) is 0 Å².